The molecule has 8 heteroatoms. The largest absolute Gasteiger partial charge is 0.302 e. The smallest absolute Gasteiger partial charge is 0.290 e. The van der Waals surface area contributed by atoms with Crippen LogP contribution < -0.4 is 4.68 Å². The molecule has 0 aliphatic rings. The van der Waals surface area contributed by atoms with E-state index in [2.05, 4.69) is 10.3 Å². The molecule has 8 nitrogen and oxygen atoms in total. The van der Waals surface area contributed by atoms with Gasteiger partial charge < -0.3 is 0 Å². The number of carbonyl (C=O) groups excluding carboxylic acids is 1. The van der Waals surface area contributed by atoms with Crippen LogP contribution in [0.1, 0.15) is 21.7 Å². The van der Waals surface area contributed by atoms with Gasteiger partial charge in [0.15, 0.2) is 6.54 Å². The van der Waals surface area contributed by atoms with Crippen molar-refractivity contribution in [3.8, 4) is 0 Å². The van der Waals surface area contributed by atoms with Crippen molar-refractivity contribution in [2.24, 2.45) is 7.05 Å². The molecule has 0 fully saturated rings. The third-order valence-corrected chi connectivity index (χ3v) is 3.73. The monoisotopic (exact) mass is 338 g/mol. The zero-order valence-electron chi connectivity index (χ0n) is 13.6. The molecule has 0 aliphatic carbocycles. The first-order valence-corrected chi connectivity index (χ1v) is 7.65. The van der Waals surface area contributed by atoms with E-state index in [0.29, 0.717) is 17.8 Å². The number of aromatic nitrogens is 4. The van der Waals surface area contributed by atoms with Crippen LogP contribution in [0.25, 0.3) is 0 Å². The molecule has 0 unspecified atom stereocenters. The second-order valence-corrected chi connectivity index (χ2v) is 5.55. The van der Waals surface area contributed by atoms with Crippen molar-refractivity contribution < 1.29 is 14.4 Å². The number of hydrogen-bond acceptors (Lipinski definition) is 5. The Labute approximate surface area is 143 Å². The van der Waals surface area contributed by atoms with Gasteiger partial charge in [0.25, 0.3) is 5.69 Å². The van der Waals surface area contributed by atoms with Crippen LogP contribution >= 0.6 is 0 Å². The van der Waals surface area contributed by atoms with Gasteiger partial charge in [0.2, 0.25) is 5.78 Å². The molecule has 0 atom stereocenters. The fourth-order valence-corrected chi connectivity index (χ4v) is 2.40. The first kappa shape index (κ1) is 16.4. The molecule has 0 spiro atoms. The number of nitro benzene ring substituents is 1. The van der Waals surface area contributed by atoms with Gasteiger partial charge in [0, 0.05) is 17.7 Å². The summed E-state index contributed by atoms with van der Waals surface area (Å²) < 4.78 is 1.60. The normalized spacial score (nSPS) is 10.6. The zero-order valence-corrected chi connectivity index (χ0v) is 13.6. The number of non-ortho nitro benzene ring substituents is 1. The van der Waals surface area contributed by atoms with Gasteiger partial charge in [-0.05, 0) is 10.4 Å². The summed E-state index contributed by atoms with van der Waals surface area (Å²) >= 11 is 0. The standard InChI is InChI=1S/C17H16N5O3/c1-20-17(11-13-7-9-15(10-8-13)22(24)25)18-21(19-20)12-16(23)14-5-3-2-4-6-14/h2-10H,11-12H2,1H3/q+1. The number of hydrogen-bond donors (Lipinski definition) is 0. The van der Waals surface area contributed by atoms with E-state index in [0.717, 1.165) is 5.56 Å². The molecule has 0 amide bonds. The molecule has 0 radical (unpaired) electrons. The zero-order chi connectivity index (χ0) is 17.8. The highest BCUT2D eigenvalue weighted by Gasteiger charge is 2.20. The summed E-state index contributed by atoms with van der Waals surface area (Å²) in [5, 5.41) is 19.2. The average molecular weight is 338 g/mol. The molecule has 3 aromatic rings. The molecule has 0 bridgehead atoms. The Balaban J connectivity index is 1.72. The second kappa shape index (κ2) is 7.00. The maximum atomic E-state index is 12.2. The number of Topliss-reactive ketones (excluding diaryl/α,β-unsaturated/α-hetero) is 1. The molecule has 2 aromatic carbocycles. The summed E-state index contributed by atoms with van der Waals surface area (Å²) in [4.78, 5) is 23.8. The van der Waals surface area contributed by atoms with Crippen molar-refractivity contribution in [3.05, 3.63) is 81.7 Å². The molecule has 0 aliphatic heterocycles. The minimum Gasteiger partial charge on any atom is -0.290 e. The van der Waals surface area contributed by atoms with Crippen molar-refractivity contribution in [1.82, 2.24) is 15.1 Å². The minimum atomic E-state index is -0.435. The SMILES string of the molecule is C[n+]1nn(CC(=O)c2ccccc2)nc1Cc1ccc([N+](=O)[O-])cc1. The van der Waals surface area contributed by atoms with E-state index in [1.54, 1.807) is 36.0 Å². The predicted octanol–water partition coefficient (Wildman–Crippen LogP) is 1.48. The molecule has 25 heavy (non-hydrogen) atoms. The lowest BCUT2D eigenvalue weighted by Crippen LogP contribution is -2.35. The summed E-state index contributed by atoms with van der Waals surface area (Å²) in [5.74, 6) is 0.591. The van der Waals surface area contributed by atoms with Crippen molar-refractivity contribution in [2.45, 2.75) is 13.0 Å². The van der Waals surface area contributed by atoms with Gasteiger partial charge in [-0.15, -0.1) is 4.68 Å². The van der Waals surface area contributed by atoms with Crippen LogP contribution in [0.4, 0.5) is 5.69 Å². The number of aryl methyl sites for hydroxylation is 1. The molecule has 0 N–H and O–H groups in total. The number of carbonyl (C=O) groups is 1. The Bertz CT molecular complexity index is 904. The van der Waals surface area contributed by atoms with Crippen LogP contribution in [-0.4, -0.2) is 25.8 Å². The Morgan fingerprint density at radius 3 is 2.48 bits per heavy atom. The molecule has 0 saturated carbocycles. The fourth-order valence-electron chi connectivity index (χ4n) is 2.40. The first-order valence-electron chi connectivity index (χ1n) is 7.65. The average Bonchev–Trinajstić information content (AvgIpc) is 2.95. The van der Waals surface area contributed by atoms with Crippen LogP contribution in [-0.2, 0) is 20.0 Å². The second-order valence-electron chi connectivity index (χ2n) is 5.55. The molecule has 1 heterocycles. The summed E-state index contributed by atoms with van der Waals surface area (Å²) in [7, 11) is 1.75. The van der Waals surface area contributed by atoms with Crippen molar-refractivity contribution in [1.29, 1.82) is 0 Å². The summed E-state index contributed by atoms with van der Waals surface area (Å²) in [6.45, 7) is 0.0537. The number of nitro groups is 1. The lowest BCUT2D eigenvalue weighted by molar-refractivity contribution is -0.739. The Kier molecular flexibility index (Phi) is 4.60. The molecule has 1 aromatic heterocycles. The third-order valence-electron chi connectivity index (χ3n) is 3.73. The van der Waals surface area contributed by atoms with Gasteiger partial charge in [0.1, 0.15) is 0 Å². The lowest BCUT2D eigenvalue weighted by atomic mass is 10.1. The number of tetrazole rings is 1. The maximum absolute atomic E-state index is 12.2. The third kappa shape index (κ3) is 3.92. The summed E-state index contributed by atoms with van der Waals surface area (Å²) in [5.41, 5.74) is 1.53. The Morgan fingerprint density at radius 1 is 1.16 bits per heavy atom. The molecule has 3 rings (SSSR count). The lowest BCUT2D eigenvalue weighted by Gasteiger charge is -1.95. The van der Waals surface area contributed by atoms with Gasteiger partial charge in [-0.2, -0.15) is 0 Å². The number of nitrogens with zero attached hydrogens (tertiary/aromatic N) is 5. The number of benzene rings is 2. The highest BCUT2D eigenvalue weighted by molar-refractivity contribution is 5.95. The van der Waals surface area contributed by atoms with Crippen LogP contribution in [0.3, 0.4) is 0 Å². The van der Waals surface area contributed by atoms with Crippen molar-refractivity contribution in [2.75, 3.05) is 0 Å². The van der Waals surface area contributed by atoms with Crippen LogP contribution in [0.5, 0.6) is 0 Å². The summed E-state index contributed by atoms with van der Waals surface area (Å²) in [6, 6.07) is 15.3. The molecule has 0 saturated heterocycles. The molecular weight excluding hydrogens is 322 g/mol. The van der Waals surface area contributed by atoms with Crippen LogP contribution in [0, 0.1) is 10.1 Å². The highest BCUT2D eigenvalue weighted by atomic mass is 16.6. The Morgan fingerprint density at radius 2 is 1.84 bits per heavy atom. The topological polar surface area (TPSA) is 94.8 Å². The van der Waals surface area contributed by atoms with E-state index >= 15 is 0 Å². The van der Waals surface area contributed by atoms with E-state index in [1.165, 1.54) is 16.9 Å². The fraction of sp³-hybridized carbons (Fsp3) is 0.176. The van der Waals surface area contributed by atoms with Gasteiger partial charge in [-0.1, -0.05) is 42.5 Å². The predicted molar refractivity (Wildman–Crippen MR) is 87.9 cm³/mol. The van der Waals surface area contributed by atoms with E-state index in [1.807, 2.05) is 18.2 Å². The molecular formula is C17H16N5O3+. The maximum Gasteiger partial charge on any atom is 0.302 e. The van der Waals surface area contributed by atoms with E-state index < -0.39 is 4.92 Å². The van der Waals surface area contributed by atoms with Gasteiger partial charge in [0.05, 0.1) is 28.7 Å². The number of ketones is 1. The van der Waals surface area contributed by atoms with Gasteiger partial charge in [-0.3, -0.25) is 14.9 Å². The number of rotatable bonds is 6. The summed E-state index contributed by atoms with van der Waals surface area (Å²) in [6.07, 6.45) is 0.466. The quantitative estimate of drug-likeness (QED) is 0.294. The van der Waals surface area contributed by atoms with Crippen molar-refractivity contribution >= 4 is 11.5 Å². The van der Waals surface area contributed by atoms with E-state index in [-0.39, 0.29) is 18.0 Å². The van der Waals surface area contributed by atoms with Crippen molar-refractivity contribution in [3.63, 3.8) is 0 Å². The Hall–Kier alpha value is -3.42. The van der Waals surface area contributed by atoms with E-state index in [4.69, 9.17) is 0 Å². The van der Waals surface area contributed by atoms with Gasteiger partial charge >= 0.3 is 5.82 Å². The van der Waals surface area contributed by atoms with Crippen LogP contribution in [0.15, 0.2) is 54.6 Å². The molecule has 126 valence electrons. The highest BCUT2D eigenvalue weighted by Crippen LogP contribution is 2.13. The minimum absolute atomic E-state index is 0.0465. The van der Waals surface area contributed by atoms with E-state index in [9.17, 15) is 14.9 Å². The first-order chi connectivity index (χ1) is 12.0. The van der Waals surface area contributed by atoms with Crippen LogP contribution in [0.2, 0.25) is 0 Å². The van der Waals surface area contributed by atoms with Gasteiger partial charge in [-0.25, -0.2) is 0 Å².